The van der Waals surface area contributed by atoms with Crippen LogP contribution in [0.25, 0.3) is 0 Å². The van der Waals surface area contributed by atoms with E-state index in [1.807, 2.05) is 0 Å². The highest BCUT2D eigenvalue weighted by molar-refractivity contribution is 7.89. The molecule has 0 aromatic heterocycles. The summed E-state index contributed by atoms with van der Waals surface area (Å²) in [4.78, 5) is 0.261. The van der Waals surface area contributed by atoms with Crippen molar-refractivity contribution in [2.75, 3.05) is 6.54 Å². The van der Waals surface area contributed by atoms with Crippen LogP contribution in [0.5, 0.6) is 0 Å². The highest BCUT2D eigenvalue weighted by Crippen LogP contribution is 2.33. The molecular weight excluding hydrogens is 329 g/mol. The fraction of sp³-hybridized carbons (Fsp3) is 0.600. The lowest BCUT2D eigenvalue weighted by Crippen LogP contribution is -2.34. The minimum absolute atomic E-state index is 0.153. The van der Waals surface area contributed by atoms with Crippen molar-refractivity contribution in [1.29, 1.82) is 0 Å². The lowest BCUT2D eigenvalue weighted by atomic mass is 10.1. The van der Waals surface area contributed by atoms with Crippen LogP contribution in [-0.2, 0) is 15.9 Å². The van der Waals surface area contributed by atoms with Crippen LogP contribution in [0.15, 0.2) is 23.1 Å². The first-order chi connectivity index (χ1) is 9.86. The van der Waals surface area contributed by atoms with Gasteiger partial charge in [-0.05, 0) is 42.9 Å². The van der Waals surface area contributed by atoms with Crippen molar-refractivity contribution in [3.8, 4) is 0 Å². The summed E-state index contributed by atoms with van der Waals surface area (Å²) in [7, 11) is -3.48. The van der Waals surface area contributed by atoms with Crippen molar-refractivity contribution in [3.63, 3.8) is 0 Å². The van der Waals surface area contributed by atoms with Gasteiger partial charge in [-0.2, -0.15) is 4.31 Å². The van der Waals surface area contributed by atoms with E-state index in [2.05, 4.69) is 13.8 Å². The highest BCUT2D eigenvalue weighted by Gasteiger charge is 2.37. The van der Waals surface area contributed by atoms with E-state index in [1.54, 1.807) is 16.4 Å². The minimum Gasteiger partial charge on any atom is -0.207 e. The van der Waals surface area contributed by atoms with Gasteiger partial charge in [0.2, 0.25) is 10.0 Å². The van der Waals surface area contributed by atoms with Gasteiger partial charge in [-0.3, -0.25) is 0 Å². The third-order valence-corrected chi connectivity index (χ3v) is 6.24. The maximum atomic E-state index is 12.8. The Bertz CT molecular complexity index is 598. The zero-order chi connectivity index (χ0) is 15.6. The fourth-order valence-electron chi connectivity index (χ4n) is 2.18. The molecule has 6 heteroatoms. The monoisotopic (exact) mass is 349 g/mol. The number of halogens is 2. The van der Waals surface area contributed by atoms with Gasteiger partial charge in [0.25, 0.3) is 0 Å². The fourth-order valence-corrected chi connectivity index (χ4v) is 4.52. The van der Waals surface area contributed by atoms with Crippen molar-refractivity contribution in [1.82, 2.24) is 4.31 Å². The highest BCUT2D eigenvalue weighted by atomic mass is 35.5. The van der Waals surface area contributed by atoms with Crippen LogP contribution in [0.2, 0.25) is 5.02 Å². The first-order valence-corrected chi connectivity index (χ1v) is 9.57. The van der Waals surface area contributed by atoms with Gasteiger partial charge >= 0.3 is 0 Å². The molecule has 0 atom stereocenters. The zero-order valence-electron chi connectivity index (χ0n) is 12.4. The Morgan fingerprint density at radius 3 is 2.48 bits per heavy atom. The van der Waals surface area contributed by atoms with Gasteiger partial charge in [0.05, 0.1) is 4.90 Å². The van der Waals surface area contributed by atoms with Crippen molar-refractivity contribution in [3.05, 3.63) is 28.8 Å². The van der Waals surface area contributed by atoms with E-state index in [0.717, 1.165) is 24.8 Å². The van der Waals surface area contributed by atoms with E-state index in [-0.39, 0.29) is 16.8 Å². The van der Waals surface area contributed by atoms with Gasteiger partial charge in [0.15, 0.2) is 0 Å². The molecule has 118 valence electrons. The van der Waals surface area contributed by atoms with Crippen molar-refractivity contribution < 1.29 is 8.42 Å². The summed E-state index contributed by atoms with van der Waals surface area (Å²) < 4.78 is 27.3. The summed E-state index contributed by atoms with van der Waals surface area (Å²) in [6.45, 7) is 4.77. The maximum absolute atomic E-state index is 12.8. The Morgan fingerprint density at radius 2 is 2.00 bits per heavy atom. The molecule has 0 radical (unpaired) electrons. The summed E-state index contributed by atoms with van der Waals surface area (Å²) in [5.41, 5.74) is 0.748. The molecule has 0 bridgehead atoms. The van der Waals surface area contributed by atoms with E-state index >= 15 is 0 Å². The van der Waals surface area contributed by atoms with Gasteiger partial charge in [-0.15, -0.1) is 11.6 Å². The maximum Gasteiger partial charge on any atom is 0.243 e. The first-order valence-electron chi connectivity index (χ1n) is 7.22. The lowest BCUT2D eigenvalue weighted by Gasteiger charge is -2.23. The Morgan fingerprint density at radius 1 is 1.33 bits per heavy atom. The summed E-state index contributed by atoms with van der Waals surface area (Å²) in [5.74, 6) is 0.752. The Hall–Kier alpha value is -0.290. The van der Waals surface area contributed by atoms with Crippen LogP contribution in [0.3, 0.4) is 0 Å². The lowest BCUT2D eigenvalue weighted by molar-refractivity contribution is 0.373. The normalized spacial score (nSPS) is 15.9. The van der Waals surface area contributed by atoms with Crippen molar-refractivity contribution >= 4 is 33.2 Å². The predicted molar refractivity (Wildman–Crippen MR) is 87.4 cm³/mol. The number of nitrogens with zero attached hydrogens (tertiary/aromatic N) is 1. The number of hydrogen-bond acceptors (Lipinski definition) is 2. The molecular formula is C15H21Cl2NO2S. The number of alkyl halides is 1. The third kappa shape index (κ3) is 4.13. The molecule has 1 saturated carbocycles. The number of sulfonamides is 1. The predicted octanol–water partition coefficient (Wildman–Crippen LogP) is 4.28. The van der Waals surface area contributed by atoms with E-state index in [4.69, 9.17) is 23.2 Å². The van der Waals surface area contributed by atoms with Gasteiger partial charge in [0.1, 0.15) is 0 Å². The van der Waals surface area contributed by atoms with Crippen molar-refractivity contribution in [2.24, 2.45) is 5.92 Å². The average Bonchev–Trinajstić information content (AvgIpc) is 3.22. The molecule has 0 spiro atoms. The smallest absolute Gasteiger partial charge is 0.207 e. The molecule has 0 N–H and O–H groups in total. The quantitative estimate of drug-likeness (QED) is 0.689. The molecule has 0 saturated heterocycles. The summed E-state index contributed by atoms with van der Waals surface area (Å²) in [6.07, 6.45) is 2.76. The molecule has 3 nitrogen and oxygen atoms in total. The van der Waals surface area contributed by atoms with Gasteiger partial charge < -0.3 is 0 Å². The zero-order valence-corrected chi connectivity index (χ0v) is 14.7. The van der Waals surface area contributed by atoms with E-state index in [1.165, 1.54) is 6.07 Å². The molecule has 21 heavy (non-hydrogen) atoms. The first kappa shape index (κ1) is 17.1. The van der Waals surface area contributed by atoms with Crippen LogP contribution in [-0.4, -0.2) is 25.3 Å². The molecule has 1 aromatic rings. The van der Waals surface area contributed by atoms with E-state index in [9.17, 15) is 8.42 Å². The SMILES string of the molecule is CC(C)CCN(C1CC1)S(=O)(=O)c1ccc(CCl)c(Cl)c1. The van der Waals surface area contributed by atoms with Gasteiger partial charge in [-0.1, -0.05) is 31.5 Å². The second-order valence-electron chi connectivity index (χ2n) is 5.92. The van der Waals surface area contributed by atoms with Crippen LogP contribution in [0.4, 0.5) is 0 Å². The molecule has 2 rings (SSSR count). The number of rotatable bonds is 7. The average molecular weight is 350 g/mol. The van der Waals surface area contributed by atoms with Gasteiger partial charge in [-0.25, -0.2) is 8.42 Å². The van der Waals surface area contributed by atoms with E-state index < -0.39 is 10.0 Å². The van der Waals surface area contributed by atoms with Gasteiger partial charge in [0, 0.05) is 23.5 Å². The van der Waals surface area contributed by atoms with Crippen LogP contribution < -0.4 is 0 Å². The second kappa shape index (κ2) is 6.86. The second-order valence-corrected chi connectivity index (χ2v) is 8.48. The Kier molecular flexibility index (Phi) is 5.58. The number of benzene rings is 1. The molecule has 1 aromatic carbocycles. The molecule has 1 aliphatic rings. The third-order valence-electron chi connectivity index (χ3n) is 3.66. The summed E-state index contributed by atoms with van der Waals surface area (Å²) >= 11 is 11.9. The van der Waals surface area contributed by atoms with Crippen LogP contribution in [0.1, 0.15) is 38.7 Å². The number of hydrogen-bond donors (Lipinski definition) is 0. The standard InChI is InChI=1S/C15H21Cl2NO2S/c1-11(2)7-8-18(13-4-5-13)21(19,20)14-6-3-12(10-16)15(17)9-14/h3,6,9,11,13H,4-5,7-8,10H2,1-2H3. The largest absolute Gasteiger partial charge is 0.243 e. The molecule has 1 aliphatic carbocycles. The minimum atomic E-state index is -3.48. The Balaban J connectivity index is 2.27. The van der Waals surface area contributed by atoms with E-state index in [0.29, 0.717) is 17.5 Å². The summed E-state index contributed by atoms with van der Waals surface area (Å²) in [6, 6.07) is 4.96. The topological polar surface area (TPSA) is 37.4 Å². The summed E-state index contributed by atoms with van der Waals surface area (Å²) in [5, 5.41) is 0.408. The van der Waals surface area contributed by atoms with Crippen molar-refractivity contribution in [2.45, 2.75) is 49.9 Å². The van der Waals surface area contributed by atoms with Crippen LogP contribution >= 0.6 is 23.2 Å². The molecule has 0 unspecified atom stereocenters. The molecule has 1 fully saturated rings. The molecule has 0 aliphatic heterocycles. The Labute approximate surface area is 137 Å². The van der Waals surface area contributed by atoms with Crippen LogP contribution in [0, 0.1) is 5.92 Å². The molecule has 0 heterocycles. The molecule has 0 amide bonds.